The van der Waals surface area contributed by atoms with Gasteiger partial charge in [0.15, 0.2) is 0 Å². The van der Waals surface area contributed by atoms with Gasteiger partial charge in [-0.05, 0) is 74.2 Å². The molecule has 0 saturated heterocycles. The van der Waals surface area contributed by atoms with Gasteiger partial charge in [0.2, 0.25) is 17.7 Å². The molecule has 4 rings (SSSR count). The minimum Gasteiger partial charge on any atom is -0.480 e. The first kappa shape index (κ1) is 42.0. The Kier molecular flexibility index (Phi) is 14.8. The maximum absolute atomic E-state index is 15.0. The molecule has 1 fully saturated rings. The monoisotopic (exact) mass is 753 g/mol. The summed E-state index contributed by atoms with van der Waals surface area (Å²) in [4.78, 5) is 58.1. The van der Waals surface area contributed by atoms with Gasteiger partial charge in [-0.3, -0.25) is 14.4 Å². The molecule has 1 saturated carbocycles. The molecule has 0 radical (unpaired) electrons. The van der Waals surface area contributed by atoms with E-state index in [2.05, 4.69) is 10.6 Å². The van der Waals surface area contributed by atoms with Crippen LogP contribution in [0.15, 0.2) is 54.7 Å². The third kappa shape index (κ3) is 10.9. The molecule has 1 aliphatic rings. The van der Waals surface area contributed by atoms with E-state index in [1.54, 1.807) is 10.8 Å². The quantitative estimate of drug-likeness (QED) is 0.105. The van der Waals surface area contributed by atoms with E-state index in [-0.39, 0.29) is 37.2 Å². The zero-order valence-corrected chi connectivity index (χ0v) is 31.1. The lowest BCUT2D eigenvalue weighted by Crippen LogP contribution is -2.52. The fourth-order valence-corrected chi connectivity index (χ4v) is 7.04. The average molecular weight is 754 g/mol. The van der Waals surface area contributed by atoms with E-state index in [0.717, 1.165) is 23.8 Å². The number of amides is 3. The number of carboxylic acid groups (broad SMARTS) is 1. The second kappa shape index (κ2) is 19.0. The van der Waals surface area contributed by atoms with Crippen LogP contribution < -0.4 is 22.1 Å². The number of aromatic nitrogens is 2. The maximum atomic E-state index is 15.0. The lowest BCUT2D eigenvalue weighted by atomic mass is 9.84. The van der Waals surface area contributed by atoms with Crippen molar-refractivity contribution in [2.45, 2.75) is 96.4 Å². The maximum Gasteiger partial charge on any atom is 0.326 e. The Labute approximate surface area is 314 Å². The van der Waals surface area contributed by atoms with Gasteiger partial charge in [0.25, 0.3) is 0 Å². The number of unbranched alkanes of at least 4 members (excludes halogenated alkanes) is 1. The Morgan fingerprint density at radius 3 is 2.43 bits per heavy atom. The summed E-state index contributed by atoms with van der Waals surface area (Å²) in [5, 5.41) is 25.2. The van der Waals surface area contributed by atoms with Gasteiger partial charge in [0.05, 0.1) is 23.7 Å². The van der Waals surface area contributed by atoms with Crippen LogP contribution >= 0.6 is 0 Å². The van der Waals surface area contributed by atoms with Gasteiger partial charge in [0, 0.05) is 30.9 Å². The first-order valence-corrected chi connectivity index (χ1v) is 18.4. The minimum absolute atomic E-state index is 0.0270. The van der Waals surface area contributed by atoms with E-state index < -0.39 is 77.4 Å². The Morgan fingerprint density at radius 2 is 1.78 bits per heavy atom. The van der Waals surface area contributed by atoms with Crippen molar-refractivity contribution in [1.29, 1.82) is 0 Å². The number of nitrogens with two attached hydrogens (primary N) is 2. The van der Waals surface area contributed by atoms with Crippen LogP contribution in [-0.4, -0.2) is 86.2 Å². The SMILES string of the molecule is CC(C)(C)[C@H](c1nc(-c2cc(F)ccc2F)cn1Cc1ccccc1)N(CC[C@H](N)C(=O)N[C@@H]1CCC[C@@H]1C(=O)N[C@@H](CCCCN)C(=O)O)C(=O)CO. The van der Waals surface area contributed by atoms with Crippen LogP contribution in [0, 0.1) is 23.0 Å². The molecule has 1 aliphatic carbocycles. The molecule has 1 heterocycles. The van der Waals surface area contributed by atoms with Gasteiger partial charge in [0.1, 0.15) is 30.1 Å². The van der Waals surface area contributed by atoms with Crippen molar-refractivity contribution in [3.63, 3.8) is 0 Å². The second-order valence-electron chi connectivity index (χ2n) is 15.0. The van der Waals surface area contributed by atoms with Crippen molar-refractivity contribution < 1.29 is 38.2 Å². The normalized spacial score (nSPS) is 17.4. The molecule has 0 aliphatic heterocycles. The summed E-state index contributed by atoms with van der Waals surface area (Å²) in [6.45, 7) is 5.42. The fourth-order valence-electron chi connectivity index (χ4n) is 7.04. The summed E-state index contributed by atoms with van der Waals surface area (Å²) in [7, 11) is 0. The Morgan fingerprint density at radius 1 is 1.06 bits per heavy atom. The lowest BCUT2D eigenvalue weighted by molar-refractivity contribution is -0.143. The number of nitrogens with zero attached hydrogens (tertiary/aromatic N) is 3. The van der Waals surface area contributed by atoms with E-state index in [1.165, 1.54) is 4.90 Å². The number of carbonyl (C=O) groups is 4. The number of nitrogens with one attached hydrogen (secondary N) is 2. The summed E-state index contributed by atoms with van der Waals surface area (Å²) in [5.41, 5.74) is 12.2. The van der Waals surface area contributed by atoms with Crippen molar-refractivity contribution >= 4 is 23.7 Å². The number of aliphatic hydroxyl groups is 1. The zero-order valence-electron chi connectivity index (χ0n) is 31.1. The van der Waals surface area contributed by atoms with Gasteiger partial charge in [-0.15, -0.1) is 0 Å². The van der Waals surface area contributed by atoms with Crippen molar-refractivity contribution in [2.75, 3.05) is 19.7 Å². The second-order valence-corrected chi connectivity index (χ2v) is 15.0. The first-order chi connectivity index (χ1) is 25.6. The number of hydrogen-bond acceptors (Lipinski definition) is 8. The lowest BCUT2D eigenvalue weighted by Gasteiger charge is -2.40. The highest BCUT2D eigenvalue weighted by Crippen LogP contribution is 2.39. The summed E-state index contributed by atoms with van der Waals surface area (Å²) >= 11 is 0. The molecule has 15 heteroatoms. The third-order valence-corrected chi connectivity index (χ3v) is 9.80. The predicted octanol–water partition coefficient (Wildman–Crippen LogP) is 3.49. The van der Waals surface area contributed by atoms with E-state index in [4.69, 9.17) is 16.5 Å². The fraction of sp³-hybridized carbons (Fsp3) is 0.513. The molecule has 2 aromatic carbocycles. The standard InChI is InChI=1S/C39H53F2N7O6/c1-39(2,3)34(35-44-32(27-20-25(40)15-16-28(27)41)22-47(35)21-24-10-5-4-6-11-24)48(33(50)23-49)19-17-29(43)37(52)45-30-14-9-12-26(30)36(51)46-31(38(53)54)13-7-8-18-42/h4-6,10-11,15-16,20,22,26,29-31,34,49H,7-9,12-14,17-19,21,23,42-43H2,1-3H3,(H,45,52)(H,46,51)(H,53,54)/t26-,29-,30+,31-,34-/m0/s1. The van der Waals surface area contributed by atoms with Crippen molar-refractivity contribution in [3.05, 3.63) is 77.8 Å². The van der Waals surface area contributed by atoms with Crippen molar-refractivity contribution in [3.8, 4) is 11.3 Å². The van der Waals surface area contributed by atoms with E-state index in [0.29, 0.717) is 44.5 Å². The number of aliphatic hydroxyl groups excluding tert-OH is 1. The van der Waals surface area contributed by atoms with Gasteiger partial charge in [-0.1, -0.05) is 57.5 Å². The van der Waals surface area contributed by atoms with Crippen LogP contribution in [0.2, 0.25) is 0 Å². The molecule has 13 nitrogen and oxygen atoms in total. The summed E-state index contributed by atoms with van der Waals surface area (Å²) in [6.07, 6.45) is 4.59. The molecule has 3 aromatic rings. The number of aliphatic carboxylic acids is 1. The van der Waals surface area contributed by atoms with Gasteiger partial charge in [-0.2, -0.15) is 0 Å². The predicted molar refractivity (Wildman–Crippen MR) is 198 cm³/mol. The molecule has 1 aromatic heterocycles. The smallest absolute Gasteiger partial charge is 0.326 e. The molecule has 54 heavy (non-hydrogen) atoms. The number of imidazole rings is 1. The van der Waals surface area contributed by atoms with E-state index >= 15 is 4.39 Å². The zero-order chi connectivity index (χ0) is 39.6. The molecule has 0 unspecified atom stereocenters. The van der Waals surface area contributed by atoms with Gasteiger partial charge in [-0.25, -0.2) is 18.6 Å². The Bertz CT molecular complexity index is 1750. The van der Waals surface area contributed by atoms with Crippen LogP contribution in [0.5, 0.6) is 0 Å². The van der Waals surface area contributed by atoms with E-state index in [9.17, 15) is 33.8 Å². The molecular weight excluding hydrogens is 700 g/mol. The molecule has 0 bridgehead atoms. The number of hydrogen-bond donors (Lipinski definition) is 6. The third-order valence-electron chi connectivity index (χ3n) is 9.80. The Balaban J connectivity index is 1.56. The number of benzene rings is 2. The first-order valence-electron chi connectivity index (χ1n) is 18.4. The summed E-state index contributed by atoms with van der Waals surface area (Å²) in [6, 6.07) is 8.93. The highest BCUT2D eigenvalue weighted by molar-refractivity contribution is 5.87. The van der Waals surface area contributed by atoms with Crippen molar-refractivity contribution in [1.82, 2.24) is 25.1 Å². The Hall–Kier alpha value is -4.73. The highest BCUT2D eigenvalue weighted by atomic mass is 19.1. The summed E-state index contributed by atoms with van der Waals surface area (Å²) < 4.78 is 31.1. The number of halogens is 2. The van der Waals surface area contributed by atoms with Crippen molar-refractivity contribution in [2.24, 2.45) is 22.8 Å². The van der Waals surface area contributed by atoms with Crippen LogP contribution in [0.1, 0.15) is 83.1 Å². The number of rotatable bonds is 18. The summed E-state index contributed by atoms with van der Waals surface area (Å²) in [5.74, 6) is -4.40. The molecular formula is C39H53F2N7O6. The minimum atomic E-state index is -1.14. The van der Waals surface area contributed by atoms with Gasteiger partial charge < -0.3 is 41.8 Å². The van der Waals surface area contributed by atoms with Gasteiger partial charge >= 0.3 is 5.97 Å². The van der Waals surface area contributed by atoms with Crippen LogP contribution in [0.3, 0.4) is 0 Å². The molecule has 294 valence electrons. The number of carbonyl (C=O) groups excluding carboxylic acids is 3. The molecule has 3 amide bonds. The van der Waals surface area contributed by atoms with Crippen LogP contribution in [0.4, 0.5) is 8.78 Å². The topological polar surface area (TPSA) is 206 Å². The highest BCUT2D eigenvalue weighted by Gasteiger charge is 2.40. The van der Waals surface area contributed by atoms with Crippen LogP contribution in [-0.2, 0) is 25.7 Å². The molecule has 0 spiro atoms. The average Bonchev–Trinajstić information content (AvgIpc) is 3.76. The number of carboxylic acids is 1. The molecule has 8 N–H and O–H groups in total. The van der Waals surface area contributed by atoms with E-state index in [1.807, 2.05) is 51.1 Å². The van der Waals surface area contributed by atoms with Crippen LogP contribution in [0.25, 0.3) is 11.3 Å². The molecule has 5 atom stereocenters. The largest absolute Gasteiger partial charge is 0.480 e.